The Hall–Kier alpha value is -3.41. The molecule has 0 spiro atoms. The highest BCUT2D eigenvalue weighted by Gasteiger charge is 2.21. The number of nitrogens with two attached hydrogens (primary N) is 1. The number of nitrogens with zero attached hydrogens (tertiary/aromatic N) is 2. The van der Waals surface area contributed by atoms with E-state index in [0.29, 0.717) is 22.7 Å². The van der Waals surface area contributed by atoms with Crippen LogP contribution in [0.5, 0.6) is 5.75 Å². The highest BCUT2D eigenvalue weighted by atomic mass is 35.5. The van der Waals surface area contributed by atoms with Gasteiger partial charge in [-0.05, 0) is 90.7 Å². The lowest BCUT2D eigenvalue weighted by molar-refractivity contribution is 0.281. The number of methoxy groups -OCH3 is 1. The van der Waals surface area contributed by atoms with Crippen LogP contribution in [0.3, 0.4) is 0 Å². The van der Waals surface area contributed by atoms with Gasteiger partial charge in [-0.1, -0.05) is 60.5 Å². The molecule has 37 heavy (non-hydrogen) atoms. The molecule has 1 aromatic heterocycles. The molecule has 1 fully saturated rings. The van der Waals surface area contributed by atoms with E-state index >= 15 is 0 Å². The van der Waals surface area contributed by atoms with Gasteiger partial charge >= 0.3 is 0 Å². The first-order valence-corrected chi connectivity index (χ1v) is 13.3. The molecule has 1 aliphatic carbocycles. The lowest BCUT2D eigenvalue weighted by atomic mass is 9.81. The Morgan fingerprint density at radius 2 is 1.68 bits per heavy atom. The summed E-state index contributed by atoms with van der Waals surface area (Å²) in [4.78, 5) is 9.62. The second kappa shape index (κ2) is 11.8. The van der Waals surface area contributed by atoms with E-state index in [2.05, 4.69) is 41.7 Å². The number of benzene rings is 3. The van der Waals surface area contributed by atoms with Crippen LogP contribution in [0.25, 0.3) is 34.2 Å². The topological polar surface area (TPSA) is 73.1 Å². The van der Waals surface area contributed by atoms with E-state index in [-0.39, 0.29) is 0 Å². The highest BCUT2D eigenvalue weighted by molar-refractivity contribution is 6.31. The summed E-state index contributed by atoms with van der Waals surface area (Å²) in [6, 6.07) is 22.3. The third-order valence-electron chi connectivity index (χ3n) is 7.22. The third kappa shape index (κ3) is 6.30. The number of hydrogen-bond acceptors (Lipinski definition) is 5. The van der Waals surface area contributed by atoms with Crippen molar-refractivity contribution in [2.24, 2.45) is 17.6 Å². The molecule has 1 aliphatic rings. The predicted molar refractivity (Wildman–Crippen MR) is 155 cm³/mol. The lowest BCUT2D eigenvalue weighted by Crippen LogP contribution is -2.26. The zero-order valence-corrected chi connectivity index (χ0v) is 21.9. The Morgan fingerprint density at radius 3 is 2.41 bits per heavy atom. The second-order valence-corrected chi connectivity index (χ2v) is 10.2. The van der Waals surface area contributed by atoms with Crippen molar-refractivity contribution in [2.45, 2.75) is 25.7 Å². The van der Waals surface area contributed by atoms with Gasteiger partial charge in [0.2, 0.25) is 0 Å². The molecule has 5 rings (SSSR count). The van der Waals surface area contributed by atoms with E-state index in [0.717, 1.165) is 52.3 Å². The molecule has 0 aliphatic heterocycles. The number of fused-ring (bicyclic) bond motifs is 1. The summed E-state index contributed by atoms with van der Waals surface area (Å²) in [5.74, 6) is 3.61. The van der Waals surface area contributed by atoms with Crippen molar-refractivity contribution in [3.8, 4) is 16.9 Å². The summed E-state index contributed by atoms with van der Waals surface area (Å²) in [6.45, 7) is 1.67. The third-order valence-corrected chi connectivity index (χ3v) is 7.45. The van der Waals surface area contributed by atoms with Gasteiger partial charge in [-0.2, -0.15) is 0 Å². The fourth-order valence-electron chi connectivity index (χ4n) is 5.11. The van der Waals surface area contributed by atoms with Crippen molar-refractivity contribution < 1.29 is 4.74 Å². The Labute approximate surface area is 223 Å². The molecular formula is C31H33ClN4O. The van der Waals surface area contributed by atoms with Gasteiger partial charge < -0.3 is 15.8 Å². The Morgan fingerprint density at radius 1 is 0.946 bits per heavy atom. The minimum Gasteiger partial charge on any atom is -0.497 e. The molecule has 5 nitrogen and oxygen atoms in total. The molecule has 0 amide bonds. The van der Waals surface area contributed by atoms with E-state index in [1.807, 2.05) is 42.5 Å². The number of ether oxygens (including phenoxy) is 1. The average Bonchev–Trinajstić information content (AvgIpc) is 2.95. The maximum Gasteiger partial charge on any atom is 0.154 e. The van der Waals surface area contributed by atoms with Gasteiger partial charge in [0.25, 0.3) is 0 Å². The van der Waals surface area contributed by atoms with Crippen LogP contribution >= 0.6 is 11.6 Å². The fourth-order valence-corrected chi connectivity index (χ4v) is 5.28. The SMILES string of the molecule is COc1ccc(-c2ccc(/C=C/c3nc(NCC4CCCC(CN)C4)c4ccc(Cl)cc4n3)cc2)cc1. The van der Waals surface area contributed by atoms with Crippen LogP contribution in [0.2, 0.25) is 5.02 Å². The van der Waals surface area contributed by atoms with Crippen LogP contribution < -0.4 is 15.8 Å². The number of nitrogens with one attached hydrogen (secondary N) is 1. The van der Waals surface area contributed by atoms with Crippen molar-refractivity contribution in [1.29, 1.82) is 0 Å². The average molecular weight is 513 g/mol. The lowest BCUT2D eigenvalue weighted by Gasteiger charge is -2.28. The van der Waals surface area contributed by atoms with E-state index in [1.165, 1.54) is 25.7 Å². The van der Waals surface area contributed by atoms with Gasteiger partial charge in [-0.15, -0.1) is 0 Å². The van der Waals surface area contributed by atoms with Gasteiger partial charge in [-0.25, -0.2) is 9.97 Å². The van der Waals surface area contributed by atoms with Crippen LogP contribution in [-0.2, 0) is 0 Å². The van der Waals surface area contributed by atoms with Gasteiger partial charge in [0, 0.05) is 17.0 Å². The van der Waals surface area contributed by atoms with E-state index in [1.54, 1.807) is 7.11 Å². The van der Waals surface area contributed by atoms with Crippen LogP contribution in [0.4, 0.5) is 5.82 Å². The van der Waals surface area contributed by atoms with Crippen LogP contribution in [0.1, 0.15) is 37.1 Å². The monoisotopic (exact) mass is 512 g/mol. The minimum atomic E-state index is 0.614. The molecule has 2 atom stereocenters. The van der Waals surface area contributed by atoms with Crippen molar-refractivity contribution in [3.63, 3.8) is 0 Å². The first-order chi connectivity index (χ1) is 18.1. The number of rotatable bonds is 8. The predicted octanol–water partition coefficient (Wildman–Crippen LogP) is 7.31. The number of anilines is 1. The number of aromatic nitrogens is 2. The zero-order valence-electron chi connectivity index (χ0n) is 21.2. The molecule has 3 aromatic carbocycles. The second-order valence-electron chi connectivity index (χ2n) is 9.79. The summed E-state index contributed by atoms with van der Waals surface area (Å²) in [7, 11) is 1.68. The van der Waals surface area contributed by atoms with Gasteiger partial charge in [0.15, 0.2) is 5.82 Å². The summed E-state index contributed by atoms with van der Waals surface area (Å²) in [5.41, 5.74) is 10.2. The Kier molecular flexibility index (Phi) is 8.02. The largest absolute Gasteiger partial charge is 0.497 e. The molecule has 4 aromatic rings. The summed E-state index contributed by atoms with van der Waals surface area (Å²) in [5, 5.41) is 5.26. The van der Waals surface area contributed by atoms with Crippen molar-refractivity contribution in [2.75, 3.05) is 25.5 Å². The van der Waals surface area contributed by atoms with E-state index < -0.39 is 0 Å². The number of halogens is 1. The zero-order chi connectivity index (χ0) is 25.6. The van der Waals surface area contributed by atoms with Gasteiger partial charge in [0.05, 0.1) is 12.6 Å². The Balaban J connectivity index is 1.34. The van der Waals surface area contributed by atoms with Gasteiger partial charge in [-0.3, -0.25) is 0 Å². The molecule has 1 heterocycles. The van der Waals surface area contributed by atoms with Gasteiger partial charge in [0.1, 0.15) is 11.6 Å². The fraction of sp³-hybridized carbons (Fsp3) is 0.290. The molecular weight excluding hydrogens is 480 g/mol. The number of hydrogen-bond donors (Lipinski definition) is 2. The summed E-state index contributed by atoms with van der Waals surface area (Å²) in [6.07, 6.45) is 8.91. The van der Waals surface area contributed by atoms with Crippen LogP contribution in [0.15, 0.2) is 66.7 Å². The molecule has 0 bridgehead atoms. The molecule has 6 heteroatoms. The summed E-state index contributed by atoms with van der Waals surface area (Å²) >= 11 is 6.29. The molecule has 1 saturated carbocycles. The summed E-state index contributed by atoms with van der Waals surface area (Å²) < 4.78 is 5.26. The molecule has 190 valence electrons. The minimum absolute atomic E-state index is 0.614. The highest BCUT2D eigenvalue weighted by Crippen LogP contribution is 2.30. The maximum absolute atomic E-state index is 6.29. The van der Waals surface area contributed by atoms with Crippen molar-refractivity contribution >= 4 is 40.5 Å². The van der Waals surface area contributed by atoms with Crippen molar-refractivity contribution in [1.82, 2.24) is 9.97 Å². The normalized spacial score (nSPS) is 17.8. The van der Waals surface area contributed by atoms with E-state index in [9.17, 15) is 0 Å². The molecule has 0 saturated heterocycles. The standard InChI is InChI=1S/C31H33ClN4O/c1-37-27-13-10-25(11-14-27)24-8-5-21(6-9-24)7-16-30-35-29-18-26(32)12-15-28(29)31(36-30)34-20-23-4-2-3-22(17-23)19-33/h5-16,18,22-23H,2-4,17,19-20,33H2,1H3,(H,34,35,36)/b16-7+. The van der Waals surface area contributed by atoms with E-state index in [4.69, 9.17) is 32.0 Å². The maximum atomic E-state index is 6.29. The first kappa shape index (κ1) is 25.2. The van der Waals surface area contributed by atoms with Crippen LogP contribution in [0, 0.1) is 11.8 Å². The smallest absolute Gasteiger partial charge is 0.154 e. The molecule has 3 N–H and O–H groups in total. The first-order valence-electron chi connectivity index (χ1n) is 12.9. The van der Waals surface area contributed by atoms with Crippen molar-refractivity contribution in [3.05, 3.63) is 83.1 Å². The molecule has 2 unspecified atom stereocenters. The molecule has 0 radical (unpaired) electrons. The quantitative estimate of drug-likeness (QED) is 0.259. The Bertz CT molecular complexity index is 1370. The van der Waals surface area contributed by atoms with Crippen LogP contribution in [-0.4, -0.2) is 30.2 Å².